The number of aryl methyl sites for hydroxylation is 1. The Bertz CT molecular complexity index is 1370. The molecule has 8 nitrogen and oxygen atoms in total. The predicted octanol–water partition coefficient (Wildman–Crippen LogP) is 4.78. The Kier molecular flexibility index (Phi) is 7.13. The first-order valence-electron chi connectivity index (χ1n) is 12.8. The molecule has 1 aliphatic rings. The van der Waals surface area contributed by atoms with Gasteiger partial charge >= 0.3 is 0 Å². The fourth-order valence-electron chi connectivity index (χ4n) is 5.44. The van der Waals surface area contributed by atoms with E-state index in [2.05, 4.69) is 44.5 Å². The van der Waals surface area contributed by atoms with Crippen LogP contribution in [0.15, 0.2) is 53.3 Å². The van der Waals surface area contributed by atoms with Gasteiger partial charge in [0.05, 0.1) is 19.7 Å². The lowest BCUT2D eigenvalue weighted by Gasteiger charge is -2.35. The van der Waals surface area contributed by atoms with Gasteiger partial charge in [-0.25, -0.2) is 4.68 Å². The summed E-state index contributed by atoms with van der Waals surface area (Å²) >= 11 is 0. The molecule has 1 aliphatic carbocycles. The summed E-state index contributed by atoms with van der Waals surface area (Å²) in [6, 6.07) is 16.6. The minimum atomic E-state index is -0.0243. The van der Waals surface area contributed by atoms with Gasteiger partial charge in [-0.1, -0.05) is 44.0 Å². The van der Waals surface area contributed by atoms with E-state index in [0.29, 0.717) is 19.1 Å². The van der Waals surface area contributed by atoms with Gasteiger partial charge in [0, 0.05) is 23.7 Å². The van der Waals surface area contributed by atoms with Gasteiger partial charge in [-0.05, 0) is 77.4 Å². The third kappa shape index (κ3) is 5.04. The van der Waals surface area contributed by atoms with Crippen molar-refractivity contribution in [2.45, 2.75) is 71.1 Å². The molecule has 1 saturated carbocycles. The van der Waals surface area contributed by atoms with Gasteiger partial charge in [-0.2, -0.15) is 0 Å². The van der Waals surface area contributed by atoms with Crippen LogP contribution < -0.4 is 10.3 Å². The number of aromatic nitrogens is 5. The average Bonchev–Trinajstić information content (AvgIpc) is 3.58. The summed E-state index contributed by atoms with van der Waals surface area (Å²) in [6.07, 6.45) is 5.52. The molecule has 1 unspecified atom stereocenters. The van der Waals surface area contributed by atoms with Gasteiger partial charge < -0.3 is 9.72 Å². The number of benzene rings is 2. The fraction of sp³-hybridized carbons (Fsp3) is 0.429. The summed E-state index contributed by atoms with van der Waals surface area (Å²) in [5.41, 5.74) is 3.88. The first-order chi connectivity index (χ1) is 17.6. The summed E-state index contributed by atoms with van der Waals surface area (Å²) in [5, 5.41) is 13.9. The van der Waals surface area contributed by atoms with Crippen molar-refractivity contribution in [3.8, 4) is 5.75 Å². The van der Waals surface area contributed by atoms with E-state index in [1.54, 1.807) is 7.11 Å². The van der Waals surface area contributed by atoms with Gasteiger partial charge in [-0.3, -0.25) is 9.69 Å². The van der Waals surface area contributed by atoms with Gasteiger partial charge in [0.25, 0.3) is 5.56 Å². The summed E-state index contributed by atoms with van der Waals surface area (Å²) < 4.78 is 7.18. The van der Waals surface area contributed by atoms with Crippen LogP contribution in [0.4, 0.5) is 0 Å². The second-order valence-electron chi connectivity index (χ2n) is 9.79. The normalized spacial score (nSPS) is 15.1. The van der Waals surface area contributed by atoms with Crippen LogP contribution in [0.3, 0.4) is 0 Å². The number of nitrogens with one attached hydrogen (secondary N) is 1. The molecular formula is C28H34N6O2. The van der Waals surface area contributed by atoms with Crippen LogP contribution in [0, 0.1) is 6.92 Å². The Morgan fingerprint density at radius 3 is 2.64 bits per heavy atom. The van der Waals surface area contributed by atoms with E-state index in [4.69, 9.17) is 4.74 Å². The minimum Gasteiger partial charge on any atom is -0.497 e. The molecule has 2 aromatic carbocycles. The Labute approximate surface area is 211 Å². The third-order valence-corrected chi connectivity index (χ3v) is 7.36. The average molecular weight is 487 g/mol. The van der Waals surface area contributed by atoms with Crippen molar-refractivity contribution in [2.24, 2.45) is 0 Å². The molecule has 0 amide bonds. The Morgan fingerprint density at radius 2 is 1.92 bits per heavy atom. The molecule has 8 heteroatoms. The number of nitrogens with zero attached hydrogens (tertiary/aromatic N) is 5. The zero-order chi connectivity index (χ0) is 25.1. The van der Waals surface area contributed by atoms with Crippen LogP contribution in [-0.2, 0) is 13.1 Å². The summed E-state index contributed by atoms with van der Waals surface area (Å²) in [5.74, 6) is 1.67. The van der Waals surface area contributed by atoms with E-state index < -0.39 is 0 Å². The molecule has 0 radical (unpaired) electrons. The maximum atomic E-state index is 13.1. The number of aromatic amines is 1. The number of hydrogen-bond donors (Lipinski definition) is 1. The van der Waals surface area contributed by atoms with Crippen molar-refractivity contribution < 1.29 is 4.74 Å². The van der Waals surface area contributed by atoms with Crippen molar-refractivity contribution in [1.29, 1.82) is 0 Å². The largest absolute Gasteiger partial charge is 0.497 e. The quantitative estimate of drug-likeness (QED) is 0.366. The molecule has 188 valence electrons. The van der Waals surface area contributed by atoms with E-state index in [1.165, 1.54) is 12.8 Å². The van der Waals surface area contributed by atoms with Crippen molar-refractivity contribution in [3.63, 3.8) is 0 Å². The zero-order valence-corrected chi connectivity index (χ0v) is 21.3. The predicted molar refractivity (Wildman–Crippen MR) is 140 cm³/mol. The van der Waals surface area contributed by atoms with E-state index in [0.717, 1.165) is 58.4 Å². The SMILES string of the molecule is CCC(c1nnnn1Cc1ccc(OC)cc1)N(Cc1cc2ccc(C)cc2[nH]c1=O)C1CCCC1. The number of tetrazole rings is 1. The number of pyridine rings is 1. The molecular weight excluding hydrogens is 452 g/mol. The Hall–Kier alpha value is -3.52. The summed E-state index contributed by atoms with van der Waals surface area (Å²) in [7, 11) is 1.67. The van der Waals surface area contributed by atoms with Crippen LogP contribution in [-0.4, -0.2) is 43.2 Å². The van der Waals surface area contributed by atoms with Crippen LogP contribution >= 0.6 is 0 Å². The van der Waals surface area contributed by atoms with Crippen molar-refractivity contribution >= 4 is 10.9 Å². The lowest BCUT2D eigenvalue weighted by molar-refractivity contribution is 0.112. The number of fused-ring (bicyclic) bond motifs is 1. The number of rotatable bonds is 9. The number of hydrogen-bond acceptors (Lipinski definition) is 6. The Balaban J connectivity index is 1.47. The van der Waals surface area contributed by atoms with Gasteiger partial charge in [-0.15, -0.1) is 5.10 Å². The zero-order valence-electron chi connectivity index (χ0n) is 21.3. The lowest BCUT2D eigenvalue weighted by Crippen LogP contribution is -2.39. The molecule has 36 heavy (non-hydrogen) atoms. The van der Waals surface area contributed by atoms with Crippen molar-refractivity contribution in [2.75, 3.05) is 7.11 Å². The fourth-order valence-corrected chi connectivity index (χ4v) is 5.44. The monoisotopic (exact) mass is 486 g/mol. The standard InChI is InChI=1S/C28H34N6O2/c1-4-26(27-30-31-32-34(27)17-20-10-13-24(36-3)14-11-20)33(23-7-5-6-8-23)18-22-16-21-12-9-19(2)15-25(21)29-28(22)35/h9-16,23,26H,4-8,17-18H2,1-3H3,(H,29,35). The molecule has 0 saturated heterocycles. The smallest absolute Gasteiger partial charge is 0.252 e. The molecule has 2 heterocycles. The third-order valence-electron chi connectivity index (χ3n) is 7.36. The molecule has 1 atom stereocenters. The molecule has 2 aromatic heterocycles. The molecule has 0 bridgehead atoms. The maximum absolute atomic E-state index is 13.1. The van der Waals surface area contributed by atoms with Gasteiger partial charge in [0.1, 0.15) is 5.75 Å². The highest BCUT2D eigenvalue weighted by Crippen LogP contribution is 2.33. The Morgan fingerprint density at radius 1 is 1.14 bits per heavy atom. The van der Waals surface area contributed by atoms with E-state index in [-0.39, 0.29) is 11.6 Å². The van der Waals surface area contributed by atoms with E-state index in [9.17, 15) is 4.79 Å². The van der Waals surface area contributed by atoms with Crippen LogP contribution in [0.2, 0.25) is 0 Å². The summed E-state index contributed by atoms with van der Waals surface area (Å²) in [4.78, 5) is 18.7. The number of H-pyrrole nitrogens is 1. The second-order valence-corrected chi connectivity index (χ2v) is 9.79. The summed E-state index contributed by atoms with van der Waals surface area (Å²) in [6.45, 7) is 5.36. The highest BCUT2D eigenvalue weighted by Gasteiger charge is 2.32. The first kappa shape index (κ1) is 24.2. The van der Waals surface area contributed by atoms with Crippen molar-refractivity contribution in [1.82, 2.24) is 30.1 Å². The number of ether oxygens (including phenoxy) is 1. The second kappa shape index (κ2) is 10.6. The molecule has 5 rings (SSSR count). The lowest BCUT2D eigenvalue weighted by atomic mass is 10.0. The maximum Gasteiger partial charge on any atom is 0.252 e. The van der Waals surface area contributed by atoms with E-state index in [1.807, 2.05) is 48.0 Å². The molecule has 0 aliphatic heterocycles. The molecule has 0 spiro atoms. The molecule has 1 N–H and O–H groups in total. The molecule has 1 fully saturated rings. The van der Waals surface area contributed by atoms with Gasteiger partial charge in [0.2, 0.25) is 0 Å². The topological polar surface area (TPSA) is 88.9 Å². The van der Waals surface area contributed by atoms with Crippen LogP contribution in [0.5, 0.6) is 5.75 Å². The number of methoxy groups -OCH3 is 1. The highest BCUT2D eigenvalue weighted by molar-refractivity contribution is 5.79. The highest BCUT2D eigenvalue weighted by atomic mass is 16.5. The first-order valence-corrected chi connectivity index (χ1v) is 12.8. The minimum absolute atomic E-state index is 0.00876. The van der Waals surface area contributed by atoms with Crippen molar-refractivity contribution in [3.05, 3.63) is 81.4 Å². The van der Waals surface area contributed by atoms with Crippen LogP contribution in [0.1, 0.15) is 67.6 Å². The molecule has 4 aromatic rings. The van der Waals surface area contributed by atoms with Crippen LogP contribution in [0.25, 0.3) is 10.9 Å². The van der Waals surface area contributed by atoms with E-state index >= 15 is 0 Å². The van der Waals surface area contributed by atoms with Gasteiger partial charge in [0.15, 0.2) is 5.82 Å².